The molecule has 2 aliphatic carbocycles. The Kier molecular flexibility index (Phi) is 6.26. The summed E-state index contributed by atoms with van der Waals surface area (Å²) in [5.41, 5.74) is 5.40. The number of nitrogens with zero attached hydrogens (tertiary/aromatic N) is 1. The fraction of sp³-hybridized carbons (Fsp3) is 0.182. The van der Waals surface area contributed by atoms with E-state index in [1.807, 2.05) is 24.3 Å². The molecule has 3 aromatic carbocycles. The van der Waals surface area contributed by atoms with Crippen molar-refractivity contribution in [3.05, 3.63) is 128 Å². The molecular formula is C33H26N2O6. The number of rotatable bonds is 5. The fourth-order valence-electron chi connectivity index (χ4n) is 5.87. The number of nitro groups is 1. The van der Waals surface area contributed by atoms with Crippen molar-refractivity contribution in [2.75, 3.05) is 0 Å². The summed E-state index contributed by atoms with van der Waals surface area (Å²) in [6.45, 7) is 4.14. The van der Waals surface area contributed by atoms with Crippen LogP contribution in [-0.4, -0.2) is 22.5 Å². The number of nitro benzene ring substituents is 1. The maximum Gasteiger partial charge on any atom is 0.336 e. The maximum atomic E-state index is 13.6. The number of carbonyl (C=O) groups excluding carboxylic acids is 3. The van der Waals surface area contributed by atoms with Crippen molar-refractivity contribution < 1.29 is 24.0 Å². The number of dihydropyridines is 1. The monoisotopic (exact) mass is 546 g/mol. The molecule has 1 atom stereocenters. The highest BCUT2D eigenvalue weighted by atomic mass is 16.6. The summed E-state index contributed by atoms with van der Waals surface area (Å²) in [5.74, 6) is -0.905. The number of non-ortho nitro benzene ring substituents is 1. The minimum atomic E-state index is -0.612. The van der Waals surface area contributed by atoms with Crippen molar-refractivity contribution >= 4 is 35.0 Å². The van der Waals surface area contributed by atoms with Crippen molar-refractivity contribution in [3.63, 3.8) is 0 Å². The Balaban J connectivity index is 1.28. The van der Waals surface area contributed by atoms with Crippen molar-refractivity contribution in [1.29, 1.82) is 0 Å². The first-order valence-corrected chi connectivity index (χ1v) is 13.3. The largest absolute Gasteiger partial charge is 0.423 e. The number of nitrogens with one attached hydrogen (secondary N) is 1. The number of benzene rings is 3. The van der Waals surface area contributed by atoms with Crippen LogP contribution in [-0.2, 0) is 9.59 Å². The molecule has 41 heavy (non-hydrogen) atoms. The van der Waals surface area contributed by atoms with Gasteiger partial charge in [0.25, 0.3) is 5.69 Å². The van der Waals surface area contributed by atoms with Gasteiger partial charge < -0.3 is 10.1 Å². The van der Waals surface area contributed by atoms with Gasteiger partial charge in [-0.05, 0) is 53.3 Å². The van der Waals surface area contributed by atoms with E-state index < -0.39 is 16.8 Å². The van der Waals surface area contributed by atoms with Crippen LogP contribution in [0.5, 0.6) is 5.75 Å². The van der Waals surface area contributed by atoms with E-state index in [9.17, 15) is 24.5 Å². The van der Waals surface area contributed by atoms with Crippen LogP contribution in [0.2, 0.25) is 0 Å². The van der Waals surface area contributed by atoms with Crippen LogP contribution in [0.1, 0.15) is 59.7 Å². The van der Waals surface area contributed by atoms with Crippen LogP contribution < -0.4 is 10.1 Å². The van der Waals surface area contributed by atoms with Crippen molar-refractivity contribution in [2.45, 2.75) is 32.6 Å². The topological polar surface area (TPSA) is 116 Å². The number of fused-ring (bicyclic) bond motifs is 2. The molecule has 0 saturated carbocycles. The van der Waals surface area contributed by atoms with Crippen molar-refractivity contribution in [1.82, 2.24) is 5.32 Å². The predicted molar refractivity (Wildman–Crippen MR) is 153 cm³/mol. The highest BCUT2D eigenvalue weighted by molar-refractivity contribution is 6.23. The number of Topliss-reactive ketones (excluding diaryl/α,β-unsaturated/α-hetero) is 2. The lowest BCUT2D eigenvalue weighted by atomic mass is 9.68. The zero-order valence-electron chi connectivity index (χ0n) is 22.5. The number of hydrogen-bond acceptors (Lipinski definition) is 7. The van der Waals surface area contributed by atoms with E-state index in [-0.39, 0.29) is 22.7 Å². The molecule has 1 heterocycles. The quantitative estimate of drug-likeness (QED) is 0.134. The van der Waals surface area contributed by atoms with E-state index >= 15 is 0 Å². The molecular weight excluding hydrogens is 520 g/mol. The van der Waals surface area contributed by atoms with Gasteiger partial charge in [-0.2, -0.15) is 0 Å². The highest BCUT2D eigenvalue weighted by Crippen LogP contribution is 2.51. The van der Waals surface area contributed by atoms with E-state index in [0.717, 1.165) is 22.5 Å². The molecule has 1 aliphatic heterocycles. The van der Waals surface area contributed by atoms with Gasteiger partial charge in [0.2, 0.25) is 0 Å². The van der Waals surface area contributed by atoms with Gasteiger partial charge in [-0.1, -0.05) is 50.2 Å². The number of ketones is 2. The van der Waals surface area contributed by atoms with Crippen molar-refractivity contribution in [3.8, 4) is 5.75 Å². The van der Waals surface area contributed by atoms with E-state index in [2.05, 4.69) is 19.2 Å². The third kappa shape index (κ3) is 4.78. The Morgan fingerprint density at radius 1 is 0.951 bits per heavy atom. The smallest absolute Gasteiger partial charge is 0.336 e. The summed E-state index contributed by atoms with van der Waals surface area (Å²) in [6, 6.07) is 20.2. The fourth-order valence-corrected chi connectivity index (χ4v) is 5.87. The second kappa shape index (κ2) is 9.82. The SMILES string of the molecule is CC1(C)CC(=O)C2=C(C1)NC1=C(C(=O)c3ccccc31)[C@@H]2c1ccc(OC(=O)/C=C/c2ccc([N+](=O)[O-])cc2)cc1. The lowest BCUT2D eigenvalue weighted by Crippen LogP contribution is -2.37. The number of carbonyl (C=O) groups is 3. The summed E-state index contributed by atoms with van der Waals surface area (Å²) < 4.78 is 5.45. The molecule has 8 heteroatoms. The first-order valence-electron chi connectivity index (χ1n) is 13.3. The number of esters is 1. The van der Waals surface area contributed by atoms with E-state index in [1.54, 1.807) is 24.3 Å². The third-order valence-electron chi connectivity index (χ3n) is 7.68. The van der Waals surface area contributed by atoms with E-state index in [1.165, 1.54) is 36.4 Å². The van der Waals surface area contributed by atoms with Crippen LogP contribution in [0, 0.1) is 15.5 Å². The second-order valence-corrected chi connectivity index (χ2v) is 11.2. The zero-order valence-corrected chi connectivity index (χ0v) is 22.5. The summed E-state index contributed by atoms with van der Waals surface area (Å²) in [4.78, 5) is 49.9. The van der Waals surface area contributed by atoms with Gasteiger partial charge >= 0.3 is 5.97 Å². The van der Waals surface area contributed by atoms with Gasteiger partial charge in [0, 0.05) is 58.5 Å². The average molecular weight is 547 g/mol. The van der Waals surface area contributed by atoms with Gasteiger partial charge in [-0.3, -0.25) is 19.7 Å². The summed E-state index contributed by atoms with van der Waals surface area (Å²) in [6.07, 6.45) is 3.84. The molecule has 0 unspecified atom stereocenters. The first kappa shape index (κ1) is 26.1. The molecule has 1 N–H and O–H groups in total. The van der Waals surface area contributed by atoms with E-state index in [4.69, 9.17) is 4.74 Å². The normalized spacial score (nSPS) is 19.0. The Morgan fingerprint density at radius 3 is 2.32 bits per heavy atom. The molecule has 0 aromatic heterocycles. The lowest BCUT2D eigenvalue weighted by Gasteiger charge is -2.39. The predicted octanol–water partition coefficient (Wildman–Crippen LogP) is 6.15. The van der Waals surface area contributed by atoms with Gasteiger partial charge in [0.05, 0.1) is 10.6 Å². The van der Waals surface area contributed by atoms with Gasteiger partial charge in [0.1, 0.15) is 5.75 Å². The Morgan fingerprint density at radius 2 is 1.63 bits per heavy atom. The van der Waals surface area contributed by atoms with Gasteiger partial charge in [0.15, 0.2) is 11.6 Å². The number of hydrogen-bond donors (Lipinski definition) is 1. The van der Waals surface area contributed by atoms with Crippen molar-refractivity contribution in [2.24, 2.45) is 5.41 Å². The Labute approximate surface area is 236 Å². The molecule has 6 rings (SSSR count). The molecule has 0 amide bonds. The van der Waals surface area contributed by atoms with Crippen LogP contribution in [0.25, 0.3) is 11.8 Å². The maximum absolute atomic E-state index is 13.6. The summed E-state index contributed by atoms with van der Waals surface area (Å²) in [5, 5.41) is 14.3. The minimum Gasteiger partial charge on any atom is -0.423 e. The summed E-state index contributed by atoms with van der Waals surface area (Å²) in [7, 11) is 0. The number of allylic oxidation sites excluding steroid dienone is 3. The standard InChI is InChI=1S/C33H26N2O6/c1-33(2)17-25-29(26(36)18-33)28(30-31(34-25)23-5-3-4-6-24(23)32(30)38)20-10-14-22(15-11-20)41-27(37)16-9-19-7-12-21(13-8-19)35(39)40/h3-16,28,34H,17-18H2,1-2H3/b16-9+/t28-/m1/s1. The third-order valence-corrected chi connectivity index (χ3v) is 7.68. The minimum absolute atomic E-state index is 0.0240. The molecule has 8 nitrogen and oxygen atoms in total. The second-order valence-electron chi connectivity index (χ2n) is 11.2. The first-order chi connectivity index (χ1) is 19.6. The van der Waals surface area contributed by atoms with Gasteiger partial charge in [-0.15, -0.1) is 0 Å². The summed E-state index contributed by atoms with van der Waals surface area (Å²) >= 11 is 0. The van der Waals surface area contributed by atoms with Crippen LogP contribution in [0.3, 0.4) is 0 Å². The molecule has 204 valence electrons. The average Bonchev–Trinajstić information content (AvgIpc) is 3.22. The molecule has 0 saturated heterocycles. The van der Waals surface area contributed by atoms with Gasteiger partial charge in [-0.25, -0.2) is 4.79 Å². The molecule has 0 radical (unpaired) electrons. The van der Waals surface area contributed by atoms with Crippen LogP contribution in [0.15, 0.2) is 95.7 Å². The number of ether oxygens (including phenoxy) is 1. The van der Waals surface area contributed by atoms with Crippen LogP contribution >= 0.6 is 0 Å². The Bertz CT molecular complexity index is 1730. The van der Waals surface area contributed by atoms with Crippen LogP contribution in [0.4, 0.5) is 5.69 Å². The Hall–Kier alpha value is -5.11. The molecule has 3 aromatic rings. The molecule has 0 spiro atoms. The molecule has 0 fully saturated rings. The highest BCUT2D eigenvalue weighted by Gasteiger charge is 2.46. The molecule has 3 aliphatic rings. The van der Waals surface area contributed by atoms with E-state index in [0.29, 0.717) is 40.9 Å². The zero-order chi connectivity index (χ0) is 28.9. The molecule has 0 bridgehead atoms. The lowest BCUT2D eigenvalue weighted by molar-refractivity contribution is -0.384.